The summed E-state index contributed by atoms with van der Waals surface area (Å²) in [6.45, 7) is 2.31. The van der Waals surface area contributed by atoms with Crippen LogP contribution in [-0.2, 0) is 21.4 Å². The summed E-state index contributed by atoms with van der Waals surface area (Å²) in [5.41, 5.74) is 2.22. The Balaban J connectivity index is 1.54. The minimum absolute atomic E-state index is 0.105. The van der Waals surface area contributed by atoms with Gasteiger partial charge in [0.05, 0.1) is 27.4 Å². The predicted molar refractivity (Wildman–Crippen MR) is 143 cm³/mol. The van der Waals surface area contributed by atoms with E-state index in [0.29, 0.717) is 33.7 Å². The number of carbonyl (C=O) groups is 1. The summed E-state index contributed by atoms with van der Waals surface area (Å²) >= 11 is 13.6. The number of thiazole rings is 1. The van der Waals surface area contributed by atoms with Gasteiger partial charge in [0.25, 0.3) is 0 Å². The Morgan fingerprint density at radius 3 is 2.64 bits per heavy atom. The van der Waals surface area contributed by atoms with Gasteiger partial charge in [0, 0.05) is 22.8 Å². The molecular weight excluding hydrogens is 539 g/mol. The summed E-state index contributed by atoms with van der Waals surface area (Å²) in [4.78, 5) is 24.8. The molecule has 186 valence electrons. The summed E-state index contributed by atoms with van der Waals surface area (Å²) in [5.74, 6) is -0.335. The van der Waals surface area contributed by atoms with Crippen molar-refractivity contribution < 1.29 is 13.2 Å². The van der Waals surface area contributed by atoms with E-state index in [1.807, 2.05) is 31.2 Å². The molecule has 7 nitrogen and oxygen atoms in total. The number of pyridine rings is 1. The minimum atomic E-state index is -3.90. The summed E-state index contributed by atoms with van der Waals surface area (Å²) in [5, 5.41) is 1.51. The maximum absolute atomic E-state index is 14.0. The first-order valence-corrected chi connectivity index (χ1v) is 14.3. The highest BCUT2D eigenvalue weighted by molar-refractivity contribution is 7.89. The van der Waals surface area contributed by atoms with Gasteiger partial charge in [-0.15, -0.1) is 0 Å². The molecule has 1 aliphatic rings. The van der Waals surface area contributed by atoms with Crippen LogP contribution in [0.2, 0.25) is 10.0 Å². The predicted octanol–water partition coefficient (Wildman–Crippen LogP) is 5.69. The minimum Gasteiger partial charge on any atom is -0.281 e. The molecule has 1 unspecified atom stereocenters. The van der Waals surface area contributed by atoms with E-state index in [0.717, 1.165) is 15.8 Å². The molecule has 0 saturated carbocycles. The fourth-order valence-electron chi connectivity index (χ4n) is 4.29. The van der Waals surface area contributed by atoms with Crippen LogP contribution < -0.4 is 4.90 Å². The van der Waals surface area contributed by atoms with E-state index in [-0.39, 0.29) is 23.9 Å². The van der Waals surface area contributed by atoms with Crippen LogP contribution >= 0.6 is 34.5 Å². The van der Waals surface area contributed by atoms with Gasteiger partial charge in [0.1, 0.15) is 6.04 Å². The lowest BCUT2D eigenvalue weighted by Gasteiger charge is -2.28. The van der Waals surface area contributed by atoms with Gasteiger partial charge in [0.2, 0.25) is 15.9 Å². The molecule has 4 aromatic rings. The number of benzene rings is 2. The van der Waals surface area contributed by atoms with Gasteiger partial charge in [-0.3, -0.25) is 14.7 Å². The number of anilines is 1. The molecule has 2 aromatic heterocycles. The van der Waals surface area contributed by atoms with Crippen LogP contribution in [0.1, 0.15) is 24.1 Å². The van der Waals surface area contributed by atoms with Crippen molar-refractivity contribution in [2.24, 2.45) is 0 Å². The number of rotatable bonds is 6. The van der Waals surface area contributed by atoms with Gasteiger partial charge in [-0.25, -0.2) is 13.4 Å². The molecule has 0 radical (unpaired) electrons. The zero-order chi connectivity index (χ0) is 25.4. The van der Waals surface area contributed by atoms with Gasteiger partial charge < -0.3 is 0 Å². The van der Waals surface area contributed by atoms with E-state index in [9.17, 15) is 13.2 Å². The number of nitrogens with zero attached hydrogens (tertiary/aromatic N) is 4. The molecule has 1 aliphatic heterocycles. The number of carbonyl (C=O) groups excluding carboxylic acids is 1. The number of sulfonamides is 1. The van der Waals surface area contributed by atoms with Crippen LogP contribution in [0.25, 0.3) is 10.2 Å². The van der Waals surface area contributed by atoms with E-state index in [2.05, 4.69) is 4.98 Å². The largest absolute Gasteiger partial charge is 0.281 e. The lowest BCUT2D eigenvalue weighted by molar-refractivity contribution is -0.121. The molecule has 1 amide bonds. The summed E-state index contributed by atoms with van der Waals surface area (Å²) < 4.78 is 29.1. The van der Waals surface area contributed by atoms with Crippen LogP contribution in [0.15, 0.2) is 65.7 Å². The number of aryl methyl sites for hydroxylation is 1. The van der Waals surface area contributed by atoms with Crippen molar-refractivity contribution in [2.75, 3.05) is 11.4 Å². The fourth-order valence-corrected chi connectivity index (χ4v) is 7.25. The standard InChI is InChI=1S/C25H22Cl2N4O3S2/c1-16-20(27)11-12-22-23(16)29-25(35-22)30(15-18-5-2-3-13-28-18)24(32)21-6-4-14-31(21)36(33,34)19-9-7-17(26)8-10-19/h2-3,5,7-13,21H,4,6,14-15H2,1H3. The first-order valence-electron chi connectivity index (χ1n) is 11.3. The normalized spacial score (nSPS) is 16.5. The van der Waals surface area contributed by atoms with Crippen molar-refractivity contribution in [2.45, 2.75) is 37.2 Å². The molecule has 36 heavy (non-hydrogen) atoms. The lowest BCUT2D eigenvalue weighted by atomic mass is 10.2. The highest BCUT2D eigenvalue weighted by Crippen LogP contribution is 2.36. The Hall–Kier alpha value is -2.56. The van der Waals surface area contributed by atoms with E-state index in [1.54, 1.807) is 17.2 Å². The lowest BCUT2D eigenvalue weighted by Crippen LogP contribution is -2.47. The molecule has 11 heteroatoms. The van der Waals surface area contributed by atoms with Gasteiger partial charge >= 0.3 is 0 Å². The number of aromatic nitrogens is 2. The van der Waals surface area contributed by atoms with E-state index < -0.39 is 16.1 Å². The van der Waals surface area contributed by atoms with Crippen LogP contribution in [0.3, 0.4) is 0 Å². The van der Waals surface area contributed by atoms with Crippen LogP contribution in [0, 0.1) is 6.92 Å². The molecule has 0 bridgehead atoms. The Morgan fingerprint density at radius 2 is 1.92 bits per heavy atom. The Bertz CT molecular complexity index is 1530. The first kappa shape index (κ1) is 25.1. The van der Waals surface area contributed by atoms with Gasteiger partial charge in [-0.2, -0.15) is 4.31 Å². The molecule has 1 atom stereocenters. The van der Waals surface area contributed by atoms with Crippen LogP contribution in [0.5, 0.6) is 0 Å². The number of halogens is 2. The zero-order valence-corrected chi connectivity index (χ0v) is 22.4. The fraction of sp³-hybridized carbons (Fsp3) is 0.240. The van der Waals surface area contributed by atoms with Crippen LogP contribution in [0.4, 0.5) is 5.13 Å². The van der Waals surface area contributed by atoms with Gasteiger partial charge in [-0.1, -0.05) is 40.6 Å². The Morgan fingerprint density at radius 1 is 1.14 bits per heavy atom. The molecule has 1 fully saturated rings. The SMILES string of the molecule is Cc1c(Cl)ccc2sc(N(Cc3ccccn3)C(=O)C3CCCN3S(=O)(=O)c3ccc(Cl)cc3)nc12. The second kappa shape index (κ2) is 10.1. The third-order valence-electron chi connectivity index (χ3n) is 6.19. The molecule has 0 aliphatic carbocycles. The number of fused-ring (bicyclic) bond motifs is 1. The average Bonchev–Trinajstić information content (AvgIpc) is 3.54. The van der Waals surface area contributed by atoms with Crippen molar-refractivity contribution in [1.29, 1.82) is 0 Å². The molecule has 0 N–H and O–H groups in total. The smallest absolute Gasteiger partial charge is 0.247 e. The van der Waals surface area contributed by atoms with Crippen molar-refractivity contribution in [1.82, 2.24) is 14.3 Å². The number of hydrogen-bond donors (Lipinski definition) is 0. The van der Waals surface area contributed by atoms with Crippen molar-refractivity contribution in [3.05, 3.63) is 82.1 Å². The molecule has 2 aromatic carbocycles. The first-order chi connectivity index (χ1) is 17.3. The molecule has 5 rings (SSSR count). The topological polar surface area (TPSA) is 83.5 Å². The van der Waals surface area contributed by atoms with E-state index in [1.165, 1.54) is 39.9 Å². The Labute approximate surface area is 223 Å². The summed E-state index contributed by atoms with van der Waals surface area (Å²) in [6, 6.07) is 14.3. The maximum atomic E-state index is 14.0. The van der Waals surface area contributed by atoms with E-state index in [4.69, 9.17) is 28.2 Å². The average molecular weight is 562 g/mol. The second-order valence-corrected chi connectivity index (χ2v) is 12.2. The second-order valence-electron chi connectivity index (χ2n) is 8.49. The number of hydrogen-bond acceptors (Lipinski definition) is 6. The third kappa shape index (κ3) is 4.73. The summed E-state index contributed by atoms with van der Waals surface area (Å²) in [7, 11) is -3.90. The van der Waals surface area contributed by atoms with Gasteiger partial charge in [-0.05, 0) is 73.9 Å². The summed E-state index contributed by atoms with van der Waals surface area (Å²) in [6.07, 6.45) is 2.66. The molecule has 3 heterocycles. The molecular formula is C25H22Cl2N4O3S2. The zero-order valence-electron chi connectivity index (χ0n) is 19.3. The van der Waals surface area contributed by atoms with Gasteiger partial charge in [0.15, 0.2) is 5.13 Å². The maximum Gasteiger partial charge on any atom is 0.247 e. The monoisotopic (exact) mass is 560 g/mol. The van der Waals surface area contributed by atoms with E-state index >= 15 is 0 Å². The Kier molecular flexibility index (Phi) is 7.02. The molecule has 1 saturated heterocycles. The van der Waals surface area contributed by atoms with Crippen molar-refractivity contribution in [3.63, 3.8) is 0 Å². The van der Waals surface area contributed by atoms with Crippen LogP contribution in [-0.4, -0.2) is 41.2 Å². The number of amides is 1. The highest BCUT2D eigenvalue weighted by atomic mass is 35.5. The quantitative estimate of drug-likeness (QED) is 0.302. The highest BCUT2D eigenvalue weighted by Gasteiger charge is 2.42. The van der Waals surface area contributed by atoms with Crippen molar-refractivity contribution >= 4 is 65.8 Å². The van der Waals surface area contributed by atoms with Crippen molar-refractivity contribution in [3.8, 4) is 0 Å². The molecule has 0 spiro atoms. The third-order valence-corrected chi connectivity index (χ3v) is 9.82.